The molecule has 13 heteroatoms. The van der Waals surface area contributed by atoms with Gasteiger partial charge in [0.05, 0.1) is 11.4 Å². The molecule has 4 aliphatic rings. The molecule has 0 spiro atoms. The molecule has 4 fully saturated rings. The molecular weight excluding hydrogens is 637 g/mol. The maximum atomic E-state index is 14.7. The highest BCUT2D eigenvalue weighted by atomic mass is 32.2. The Bertz CT molecular complexity index is 1590. The molecule has 3 amide bonds. The summed E-state index contributed by atoms with van der Waals surface area (Å²) < 4.78 is 43.4. The number of hydrogen-bond acceptors (Lipinski definition) is 7. The van der Waals surface area contributed by atoms with Gasteiger partial charge >= 0.3 is 6.03 Å². The lowest BCUT2D eigenvalue weighted by atomic mass is 9.85. The Balaban J connectivity index is 1.16. The minimum absolute atomic E-state index is 0.0140. The highest BCUT2D eigenvalue weighted by Gasteiger charge is 2.54. The van der Waals surface area contributed by atoms with Crippen LogP contribution in [0.4, 0.5) is 9.18 Å². The molecule has 0 aromatic heterocycles. The average molecular weight is 684 g/mol. The van der Waals surface area contributed by atoms with Gasteiger partial charge in [0.15, 0.2) is 0 Å². The summed E-state index contributed by atoms with van der Waals surface area (Å²) in [4.78, 5) is 38.0. The first-order valence-corrected chi connectivity index (χ1v) is 18.4. The van der Waals surface area contributed by atoms with Gasteiger partial charge in [0.25, 0.3) is 0 Å². The maximum absolute atomic E-state index is 14.7. The fourth-order valence-electron chi connectivity index (χ4n) is 7.96. The van der Waals surface area contributed by atoms with E-state index in [-0.39, 0.29) is 59.2 Å². The second-order valence-electron chi connectivity index (χ2n) is 13.7. The van der Waals surface area contributed by atoms with Crippen molar-refractivity contribution >= 4 is 22.0 Å². The van der Waals surface area contributed by atoms with Crippen LogP contribution in [-0.4, -0.2) is 86.2 Å². The number of hydroxylamine groups is 2. The van der Waals surface area contributed by atoms with Crippen LogP contribution in [0.15, 0.2) is 66.1 Å². The van der Waals surface area contributed by atoms with Crippen molar-refractivity contribution in [2.45, 2.75) is 80.6 Å². The van der Waals surface area contributed by atoms with Crippen molar-refractivity contribution in [2.24, 2.45) is 17.0 Å². The molecule has 4 aliphatic heterocycles. The summed E-state index contributed by atoms with van der Waals surface area (Å²) >= 11 is 0. The van der Waals surface area contributed by atoms with Crippen molar-refractivity contribution in [3.63, 3.8) is 0 Å². The lowest BCUT2D eigenvalue weighted by molar-refractivity contribution is -0.294. The first-order valence-electron chi connectivity index (χ1n) is 16.9. The summed E-state index contributed by atoms with van der Waals surface area (Å²) in [6, 6.07) is 12.5. The van der Waals surface area contributed by atoms with E-state index in [0.717, 1.165) is 24.0 Å². The SMILES string of the molecule is C=CCN(C(=O)NCc1ccc(S(N)(=O)=O)cc1)C1CC2CCC(C1)N2O[C@]1(c2cccc(F)c2)CN(C(=O)C2CCOCC2)C[C@@H]1C. The minimum Gasteiger partial charge on any atom is -0.381 e. The minimum atomic E-state index is -3.80. The number of rotatable bonds is 10. The van der Waals surface area contributed by atoms with Crippen LogP contribution in [0.5, 0.6) is 0 Å². The van der Waals surface area contributed by atoms with Crippen molar-refractivity contribution < 1.29 is 32.0 Å². The number of ether oxygens (including phenoxy) is 1. The van der Waals surface area contributed by atoms with Gasteiger partial charge < -0.3 is 19.9 Å². The molecule has 4 heterocycles. The van der Waals surface area contributed by atoms with E-state index < -0.39 is 15.6 Å². The van der Waals surface area contributed by atoms with Crippen molar-refractivity contribution in [2.75, 3.05) is 32.8 Å². The Morgan fingerprint density at radius 2 is 1.81 bits per heavy atom. The van der Waals surface area contributed by atoms with Gasteiger partial charge in [-0.25, -0.2) is 22.7 Å². The van der Waals surface area contributed by atoms with Crippen molar-refractivity contribution in [1.29, 1.82) is 0 Å². The second-order valence-corrected chi connectivity index (χ2v) is 15.2. The van der Waals surface area contributed by atoms with Gasteiger partial charge in [-0.1, -0.05) is 37.3 Å². The first kappa shape index (κ1) is 34.5. The maximum Gasteiger partial charge on any atom is 0.318 e. The lowest BCUT2D eigenvalue weighted by Gasteiger charge is -2.46. The quantitative estimate of drug-likeness (QED) is 0.363. The van der Waals surface area contributed by atoms with Crippen LogP contribution in [0.1, 0.15) is 56.6 Å². The lowest BCUT2D eigenvalue weighted by Crippen LogP contribution is -2.56. The largest absolute Gasteiger partial charge is 0.381 e. The van der Waals surface area contributed by atoms with Gasteiger partial charge in [0.2, 0.25) is 15.9 Å². The number of halogens is 1. The highest BCUT2D eigenvalue weighted by Crippen LogP contribution is 2.47. The zero-order chi connectivity index (χ0) is 34.1. The number of carbonyl (C=O) groups excluding carboxylic acids is 2. The molecule has 4 atom stereocenters. The van der Waals surface area contributed by atoms with Gasteiger partial charge in [-0.05, 0) is 73.9 Å². The zero-order valence-corrected chi connectivity index (χ0v) is 28.2. The van der Waals surface area contributed by atoms with Crippen molar-refractivity contribution in [3.05, 3.63) is 78.1 Å². The molecule has 11 nitrogen and oxygen atoms in total. The van der Waals surface area contributed by atoms with E-state index in [1.807, 2.05) is 15.9 Å². The second kappa shape index (κ2) is 14.2. The van der Waals surface area contributed by atoms with Gasteiger partial charge in [-0.3, -0.25) is 9.63 Å². The topological polar surface area (TPSA) is 135 Å². The molecular formula is C35H46FN5O6S. The van der Waals surface area contributed by atoms with E-state index >= 15 is 0 Å². The van der Waals surface area contributed by atoms with Crippen molar-refractivity contribution in [1.82, 2.24) is 20.2 Å². The summed E-state index contributed by atoms with van der Waals surface area (Å²) in [6.07, 6.45) is 6.31. The number of likely N-dealkylation sites (tertiary alicyclic amines) is 1. The van der Waals surface area contributed by atoms with Crippen LogP contribution < -0.4 is 10.5 Å². The number of amides is 3. The van der Waals surface area contributed by atoms with Crippen LogP contribution in [-0.2, 0) is 36.5 Å². The van der Waals surface area contributed by atoms with Crippen molar-refractivity contribution in [3.8, 4) is 0 Å². The summed E-state index contributed by atoms with van der Waals surface area (Å²) in [6.45, 7) is 8.59. The number of piperidine rings is 1. The molecule has 2 bridgehead atoms. The third-order valence-electron chi connectivity index (χ3n) is 10.5. The Morgan fingerprint density at radius 3 is 2.44 bits per heavy atom. The average Bonchev–Trinajstić information content (AvgIpc) is 3.52. The Kier molecular flexibility index (Phi) is 10.2. The molecule has 260 valence electrons. The van der Waals surface area contributed by atoms with E-state index in [0.29, 0.717) is 58.5 Å². The molecule has 3 N–H and O–H groups in total. The van der Waals surface area contributed by atoms with Crippen LogP contribution >= 0.6 is 0 Å². The van der Waals surface area contributed by atoms with E-state index in [4.69, 9.17) is 14.7 Å². The molecule has 0 radical (unpaired) electrons. The number of nitrogens with zero attached hydrogens (tertiary/aromatic N) is 3. The van der Waals surface area contributed by atoms with Gasteiger partial charge in [-0.15, -0.1) is 6.58 Å². The number of nitrogens with two attached hydrogens (primary N) is 1. The van der Waals surface area contributed by atoms with Gasteiger partial charge in [0.1, 0.15) is 11.4 Å². The number of hydrogen-bond donors (Lipinski definition) is 2. The first-order chi connectivity index (χ1) is 23.0. The number of fused-ring (bicyclic) bond motifs is 2. The predicted octanol–water partition coefficient (Wildman–Crippen LogP) is 3.90. The van der Waals surface area contributed by atoms with Crippen LogP contribution in [0.25, 0.3) is 0 Å². The van der Waals surface area contributed by atoms with E-state index in [9.17, 15) is 22.4 Å². The number of primary sulfonamides is 1. The summed E-state index contributed by atoms with van der Waals surface area (Å²) in [5.41, 5.74) is 0.562. The summed E-state index contributed by atoms with van der Waals surface area (Å²) in [7, 11) is -3.80. The molecule has 2 unspecified atom stereocenters. The van der Waals surface area contributed by atoms with E-state index in [1.165, 1.54) is 24.3 Å². The Hall–Kier alpha value is -3.36. The third kappa shape index (κ3) is 7.16. The van der Waals surface area contributed by atoms with Gasteiger partial charge in [-0.2, -0.15) is 5.06 Å². The number of carbonyl (C=O) groups is 2. The van der Waals surface area contributed by atoms with Gasteiger partial charge in [0, 0.05) is 62.8 Å². The molecule has 0 saturated carbocycles. The normalized spacial score (nSPS) is 27.9. The smallest absolute Gasteiger partial charge is 0.318 e. The zero-order valence-electron chi connectivity index (χ0n) is 27.4. The number of urea groups is 1. The standard InChI is InChI=1S/C35H46FN5O6S/c1-3-15-40(34(43)38-21-25-7-11-32(12-8-25)48(37,44)45)31-19-29-9-10-30(20-31)41(29)47-35(27-5-4-6-28(36)18-27)23-39(22-24(35)2)33(42)26-13-16-46-17-14-26/h3-8,11-12,18,24,26,29-31H,1,9-10,13-17,19-23H2,2H3,(H,38,43)(H2,37,44,45)/t24-,29?,30?,31?,35+/m0/s1. The van der Waals surface area contributed by atoms with E-state index in [1.54, 1.807) is 24.3 Å². The van der Waals surface area contributed by atoms with Crippen LogP contribution in [0.2, 0.25) is 0 Å². The molecule has 6 rings (SSSR count). The molecule has 0 aliphatic carbocycles. The summed E-state index contributed by atoms with van der Waals surface area (Å²) in [5.74, 6) is -0.392. The van der Waals surface area contributed by atoms with Crippen LogP contribution in [0, 0.1) is 17.7 Å². The van der Waals surface area contributed by atoms with E-state index in [2.05, 4.69) is 23.9 Å². The highest BCUT2D eigenvalue weighted by molar-refractivity contribution is 7.89. The number of nitrogens with one attached hydrogen (secondary N) is 1. The Labute approximate surface area is 282 Å². The Morgan fingerprint density at radius 1 is 1.12 bits per heavy atom. The van der Waals surface area contributed by atoms with Crippen LogP contribution in [0.3, 0.4) is 0 Å². The third-order valence-corrected chi connectivity index (χ3v) is 11.5. The number of sulfonamides is 1. The number of benzene rings is 2. The molecule has 2 aromatic carbocycles. The molecule has 48 heavy (non-hydrogen) atoms. The monoisotopic (exact) mass is 683 g/mol. The fraction of sp³-hybridized carbons (Fsp3) is 0.543. The summed E-state index contributed by atoms with van der Waals surface area (Å²) in [5, 5.41) is 10.3. The molecule has 2 aromatic rings. The molecule has 4 saturated heterocycles. The predicted molar refractivity (Wildman–Crippen MR) is 177 cm³/mol. The fourth-order valence-corrected chi connectivity index (χ4v) is 8.48.